The highest BCUT2D eigenvalue weighted by Gasteiger charge is 1.99. The molecule has 4 N–H and O–H groups in total. The van der Waals surface area contributed by atoms with E-state index in [1.54, 1.807) is 0 Å². The zero-order valence-electron chi connectivity index (χ0n) is 11.2. The average Bonchev–Trinajstić information content (AvgIpc) is 2.47. The molecule has 0 saturated carbocycles. The topological polar surface area (TPSA) is 79.3 Å². The van der Waals surface area contributed by atoms with Crippen molar-refractivity contribution in [3.05, 3.63) is 65.2 Å². The third kappa shape index (κ3) is 3.83. The fourth-order valence-electron chi connectivity index (χ4n) is 1.83. The van der Waals surface area contributed by atoms with Gasteiger partial charge in [-0.05, 0) is 29.7 Å². The Kier molecular flexibility index (Phi) is 4.74. The first-order valence-electron chi connectivity index (χ1n) is 6.45. The van der Waals surface area contributed by atoms with Crippen molar-refractivity contribution in [1.82, 2.24) is 0 Å². The highest BCUT2D eigenvalue weighted by atomic mass is 16.5. The van der Waals surface area contributed by atoms with E-state index in [-0.39, 0.29) is 12.4 Å². The van der Waals surface area contributed by atoms with Crippen LogP contribution in [0.1, 0.15) is 16.7 Å². The smallest absolute Gasteiger partial charge is 0.122 e. The first-order chi connectivity index (χ1) is 9.69. The summed E-state index contributed by atoms with van der Waals surface area (Å²) in [5.74, 6) is 0.860. The maximum absolute atomic E-state index is 8.85. The van der Waals surface area contributed by atoms with Gasteiger partial charge in [0, 0.05) is 12.2 Å². The number of aliphatic hydroxyl groups is 1. The molecule has 4 nitrogen and oxygen atoms in total. The van der Waals surface area contributed by atoms with Gasteiger partial charge in [0.2, 0.25) is 0 Å². The molecule has 2 aromatic carbocycles. The molecule has 0 aliphatic carbocycles. The van der Waals surface area contributed by atoms with E-state index < -0.39 is 0 Å². The Morgan fingerprint density at radius 1 is 1.00 bits per heavy atom. The van der Waals surface area contributed by atoms with Crippen molar-refractivity contribution in [3.63, 3.8) is 0 Å². The van der Waals surface area contributed by atoms with Gasteiger partial charge in [-0.2, -0.15) is 0 Å². The van der Waals surface area contributed by atoms with Crippen molar-refractivity contribution in [2.45, 2.75) is 13.0 Å². The van der Waals surface area contributed by atoms with Crippen molar-refractivity contribution < 1.29 is 9.84 Å². The van der Waals surface area contributed by atoms with E-state index in [0.717, 1.165) is 16.9 Å². The minimum absolute atomic E-state index is 0.0666. The molecule has 0 aliphatic heterocycles. The summed E-state index contributed by atoms with van der Waals surface area (Å²) >= 11 is 0. The lowest BCUT2D eigenvalue weighted by atomic mass is 10.1. The average molecular weight is 270 g/mol. The number of nitrogen functional groups attached to an aromatic ring is 1. The van der Waals surface area contributed by atoms with Gasteiger partial charge in [0.15, 0.2) is 0 Å². The van der Waals surface area contributed by atoms with Gasteiger partial charge in [0.1, 0.15) is 18.2 Å². The van der Waals surface area contributed by atoms with E-state index in [1.165, 1.54) is 0 Å². The zero-order chi connectivity index (χ0) is 14.4. The number of amidine groups is 1. The molecule has 0 spiro atoms. The molecule has 2 rings (SSSR count). The van der Waals surface area contributed by atoms with Gasteiger partial charge in [-0.15, -0.1) is 0 Å². The van der Waals surface area contributed by atoms with Gasteiger partial charge in [-0.1, -0.05) is 36.4 Å². The summed E-state index contributed by atoms with van der Waals surface area (Å²) in [4.78, 5) is 0. The Morgan fingerprint density at radius 2 is 1.60 bits per heavy atom. The Hall–Kier alpha value is -2.33. The molecule has 0 bridgehead atoms. The fraction of sp³-hybridized carbons (Fsp3) is 0.188. The van der Waals surface area contributed by atoms with Gasteiger partial charge in [-0.25, -0.2) is 0 Å². The van der Waals surface area contributed by atoms with E-state index in [2.05, 4.69) is 0 Å². The quantitative estimate of drug-likeness (QED) is 0.555. The van der Waals surface area contributed by atoms with Crippen LogP contribution in [0.4, 0.5) is 0 Å². The second-order valence-electron chi connectivity index (χ2n) is 4.52. The highest BCUT2D eigenvalue weighted by Crippen LogP contribution is 2.15. The number of hydrogen-bond acceptors (Lipinski definition) is 3. The van der Waals surface area contributed by atoms with Crippen molar-refractivity contribution in [3.8, 4) is 5.75 Å². The molecule has 0 amide bonds. The number of rotatable bonds is 6. The fourth-order valence-corrected chi connectivity index (χ4v) is 1.83. The summed E-state index contributed by atoms with van der Waals surface area (Å²) in [5.41, 5.74) is 8.22. The molecule has 0 radical (unpaired) electrons. The first kappa shape index (κ1) is 14.1. The molecule has 0 heterocycles. The molecule has 2 aromatic rings. The predicted octanol–water partition coefficient (Wildman–Crippen LogP) is 2.08. The number of benzene rings is 2. The van der Waals surface area contributed by atoms with Crippen LogP contribution in [0.3, 0.4) is 0 Å². The summed E-state index contributed by atoms with van der Waals surface area (Å²) in [5, 5.41) is 16.2. The SMILES string of the molecule is N=C(N)c1ccc(COc2ccc(CCO)cc2)cc1. The minimum atomic E-state index is 0.0666. The van der Waals surface area contributed by atoms with Crippen molar-refractivity contribution in [2.24, 2.45) is 5.73 Å². The number of nitrogens with two attached hydrogens (primary N) is 1. The monoisotopic (exact) mass is 270 g/mol. The van der Waals surface area contributed by atoms with E-state index in [9.17, 15) is 0 Å². The summed E-state index contributed by atoms with van der Waals surface area (Å²) in [6, 6.07) is 15.1. The maximum atomic E-state index is 8.85. The second kappa shape index (κ2) is 6.73. The molecule has 0 atom stereocenters. The van der Waals surface area contributed by atoms with Gasteiger partial charge >= 0.3 is 0 Å². The molecular weight excluding hydrogens is 252 g/mol. The zero-order valence-corrected chi connectivity index (χ0v) is 11.2. The maximum Gasteiger partial charge on any atom is 0.122 e. The lowest BCUT2D eigenvalue weighted by Gasteiger charge is -2.08. The molecule has 0 unspecified atom stereocenters. The number of aliphatic hydroxyl groups excluding tert-OH is 1. The van der Waals surface area contributed by atoms with Crippen molar-refractivity contribution >= 4 is 5.84 Å². The van der Waals surface area contributed by atoms with Crippen molar-refractivity contribution in [2.75, 3.05) is 6.61 Å². The summed E-state index contributed by atoms with van der Waals surface area (Å²) in [6.45, 7) is 0.625. The molecule has 4 heteroatoms. The molecule has 104 valence electrons. The Balaban J connectivity index is 1.92. The lowest BCUT2D eigenvalue weighted by Crippen LogP contribution is -2.10. The standard InChI is InChI=1S/C16H18N2O2/c17-16(18)14-5-1-13(2-6-14)11-20-15-7-3-12(4-8-15)9-10-19/h1-8,19H,9-11H2,(H3,17,18). The van der Waals surface area contributed by atoms with Crippen LogP contribution in [0, 0.1) is 5.41 Å². The van der Waals surface area contributed by atoms with Crippen LogP contribution in [0.15, 0.2) is 48.5 Å². The summed E-state index contributed by atoms with van der Waals surface area (Å²) in [7, 11) is 0. The first-order valence-corrected chi connectivity index (χ1v) is 6.45. The van der Waals surface area contributed by atoms with E-state index in [4.69, 9.17) is 21.0 Å². The van der Waals surface area contributed by atoms with Crippen LogP contribution in [0.25, 0.3) is 0 Å². The van der Waals surface area contributed by atoms with E-state index >= 15 is 0 Å². The largest absolute Gasteiger partial charge is 0.489 e. The van der Waals surface area contributed by atoms with Crippen LogP contribution in [-0.2, 0) is 13.0 Å². The second-order valence-corrected chi connectivity index (χ2v) is 4.52. The van der Waals surface area contributed by atoms with Crippen LogP contribution in [0.2, 0.25) is 0 Å². The van der Waals surface area contributed by atoms with Crippen LogP contribution >= 0.6 is 0 Å². The third-order valence-electron chi connectivity index (χ3n) is 2.99. The van der Waals surface area contributed by atoms with Gasteiger partial charge in [-0.3, -0.25) is 5.41 Å². The number of ether oxygens (including phenoxy) is 1. The van der Waals surface area contributed by atoms with Gasteiger partial charge in [0.05, 0.1) is 0 Å². The van der Waals surface area contributed by atoms with E-state index in [0.29, 0.717) is 18.6 Å². The highest BCUT2D eigenvalue weighted by molar-refractivity contribution is 5.94. The van der Waals surface area contributed by atoms with E-state index in [1.807, 2.05) is 48.5 Å². The third-order valence-corrected chi connectivity index (χ3v) is 2.99. The summed E-state index contributed by atoms with van der Waals surface area (Å²) in [6.07, 6.45) is 0.660. The Labute approximate surface area is 118 Å². The van der Waals surface area contributed by atoms with Crippen molar-refractivity contribution in [1.29, 1.82) is 5.41 Å². The minimum Gasteiger partial charge on any atom is -0.489 e. The van der Waals surface area contributed by atoms with Gasteiger partial charge in [0.25, 0.3) is 0 Å². The van der Waals surface area contributed by atoms with Crippen LogP contribution < -0.4 is 10.5 Å². The molecule has 0 aromatic heterocycles. The van der Waals surface area contributed by atoms with Crippen LogP contribution in [0.5, 0.6) is 5.75 Å². The lowest BCUT2D eigenvalue weighted by molar-refractivity contribution is 0.298. The number of hydrogen-bond donors (Lipinski definition) is 3. The van der Waals surface area contributed by atoms with Crippen LogP contribution in [-0.4, -0.2) is 17.5 Å². The number of nitrogens with one attached hydrogen (secondary N) is 1. The predicted molar refractivity (Wildman–Crippen MR) is 79.0 cm³/mol. The normalized spacial score (nSPS) is 10.2. The molecule has 20 heavy (non-hydrogen) atoms. The molecule has 0 fully saturated rings. The Bertz CT molecular complexity index is 562. The molecule has 0 aliphatic rings. The molecule has 0 saturated heterocycles. The van der Waals surface area contributed by atoms with Gasteiger partial charge < -0.3 is 15.6 Å². The molecular formula is C16H18N2O2. The summed E-state index contributed by atoms with van der Waals surface area (Å²) < 4.78 is 5.68. The Morgan fingerprint density at radius 3 is 2.15 bits per heavy atom.